The molecule has 5 heteroatoms. The molecule has 2 rings (SSSR count). The first-order valence-electron chi connectivity index (χ1n) is 6.36. The van der Waals surface area contributed by atoms with Gasteiger partial charge in [-0.05, 0) is 36.8 Å². The summed E-state index contributed by atoms with van der Waals surface area (Å²) in [5.74, 6) is 0.579. The van der Waals surface area contributed by atoms with Gasteiger partial charge in [0.05, 0.1) is 24.4 Å². The molecule has 0 fully saturated rings. The lowest BCUT2D eigenvalue weighted by Crippen LogP contribution is -2.20. The predicted octanol–water partition coefficient (Wildman–Crippen LogP) is 3.52. The van der Waals surface area contributed by atoms with Crippen LogP contribution < -0.4 is 15.4 Å². The number of nitriles is 1. The van der Waals surface area contributed by atoms with Crippen molar-refractivity contribution < 1.29 is 9.53 Å². The molecule has 2 amide bonds. The Hall–Kier alpha value is -3.00. The predicted molar refractivity (Wildman–Crippen MR) is 81.5 cm³/mol. The van der Waals surface area contributed by atoms with E-state index in [4.69, 9.17) is 10.00 Å². The number of methoxy groups -OCH3 is 1. The fourth-order valence-corrected chi connectivity index (χ4v) is 1.85. The summed E-state index contributed by atoms with van der Waals surface area (Å²) in [6.45, 7) is 1.86. The molecule has 0 spiro atoms. The molecule has 106 valence electrons. The second kappa shape index (κ2) is 6.44. The first-order chi connectivity index (χ1) is 10.1. The van der Waals surface area contributed by atoms with Crippen molar-refractivity contribution in [3.8, 4) is 11.8 Å². The van der Waals surface area contributed by atoms with Crippen LogP contribution in [0.1, 0.15) is 11.1 Å². The largest absolute Gasteiger partial charge is 0.495 e. The number of ether oxygens (including phenoxy) is 1. The maximum atomic E-state index is 12.0. The van der Waals surface area contributed by atoms with Crippen LogP contribution in [0, 0.1) is 18.3 Å². The minimum Gasteiger partial charge on any atom is -0.495 e. The fourth-order valence-electron chi connectivity index (χ4n) is 1.85. The molecule has 0 atom stereocenters. The molecule has 0 aliphatic carbocycles. The van der Waals surface area contributed by atoms with Gasteiger partial charge in [0, 0.05) is 5.69 Å². The average molecular weight is 281 g/mol. The highest BCUT2D eigenvalue weighted by atomic mass is 16.5. The van der Waals surface area contributed by atoms with Crippen molar-refractivity contribution in [1.82, 2.24) is 0 Å². The number of carbonyl (C=O) groups is 1. The highest BCUT2D eigenvalue weighted by Gasteiger charge is 2.08. The van der Waals surface area contributed by atoms with Crippen LogP contribution in [-0.4, -0.2) is 13.1 Å². The zero-order valence-corrected chi connectivity index (χ0v) is 11.8. The molecule has 0 saturated heterocycles. The van der Waals surface area contributed by atoms with Crippen molar-refractivity contribution in [2.45, 2.75) is 6.92 Å². The van der Waals surface area contributed by atoms with Gasteiger partial charge >= 0.3 is 6.03 Å². The minimum absolute atomic E-state index is 0.391. The number of nitrogens with zero attached hydrogens (tertiary/aromatic N) is 1. The highest BCUT2D eigenvalue weighted by Crippen LogP contribution is 2.23. The second-order valence-electron chi connectivity index (χ2n) is 4.42. The molecule has 0 bridgehead atoms. The Morgan fingerprint density at radius 3 is 2.57 bits per heavy atom. The van der Waals surface area contributed by atoms with Crippen molar-refractivity contribution in [3.63, 3.8) is 0 Å². The van der Waals surface area contributed by atoms with Crippen LogP contribution in [-0.2, 0) is 0 Å². The lowest BCUT2D eigenvalue weighted by atomic mass is 10.1. The Kier molecular flexibility index (Phi) is 4.42. The van der Waals surface area contributed by atoms with E-state index in [0.717, 1.165) is 5.56 Å². The van der Waals surface area contributed by atoms with Crippen molar-refractivity contribution in [1.29, 1.82) is 5.26 Å². The molecule has 2 N–H and O–H groups in total. The molecule has 0 aliphatic heterocycles. The van der Waals surface area contributed by atoms with Gasteiger partial charge in [-0.25, -0.2) is 4.79 Å². The Bertz CT molecular complexity index is 705. The van der Waals surface area contributed by atoms with Gasteiger partial charge in [-0.3, -0.25) is 0 Å². The van der Waals surface area contributed by atoms with Gasteiger partial charge in [-0.2, -0.15) is 5.26 Å². The topological polar surface area (TPSA) is 74.2 Å². The van der Waals surface area contributed by atoms with E-state index < -0.39 is 6.03 Å². The normalized spacial score (nSPS) is 9.57. The molecular formula is C16H15N3O2. The van der Waals surface area contributed by atoms with Crippen molar-refractivity contribution in [2.24, 2.45) is 0 Å². The van der Waals surface area contributed by atoms with E-state index in [1.54, 1.807) is 43.5 Å². The van der Waals surface area contributed by atoms with Gasteiger partial charge in [0.1, 0.15) is 5.75 Å². The van der Waals surface area contributed by atoms with Gasteiger partial charge in [-0.15, -0.1) is 0 Å². The van der Waals surface area contributed by atoms with Crippen LogP contribution in [0.25, 0.3) is 0 Å². The van der Waals surface area contributed by atoms with Crippen molar-refractivity contribution in [2.75, 3.05) is 17.7 Å². The van der Waals surface area contributed by atoms with Crippen LogP contribution in [0.2, 0.25) is 0 Å². The van der Waals surface area contributed by atoms with Crippen molar-refractivity contribution >= 4 is 17.4 Å². The zero-order valence-electron chi connectivity index (χ0n) is 11.8. The number of hydrogen-bond acceptors (Lipinski definition) is 3. The third-order valence-electron chi connectivity index (χ3n) is 2.97. The van der Waals surface area contributed by atoms with Crippen LogP contribution in [0.15, 0.2) is 42.5 Å². The lowest BCUT2D eigenvalue weighted by Gasteiger charge is -2.12. The molecule has 0 saturated carbocycles. The van der Waals surface area contributed by atoms with E-state index in [-0.39, 0.29) is 0 Å². The number of benzene rings is 2. The first-order valence-corrected chi connectivity index (χ1v) is 6.36. The molecule has 0 unspecified atom stereocenters. The number of para-hydroxylation sites is 2. The third kappa shape index (κ3) is 3.51. The second-order valence-corrected chi connectivity index (χ2v) is 4.42. The van der Waals surface area contributed by atoms with Crippen LogP contribution in [0.3, 0.4) is 0 Å². The van der Waals surface area contributed by atoms with E-state index in [1.807, 2.05) is 19.1 Å². The monoisotopic (exact) mass is 281 g/mol. The summed E-state index contributed by atoms with van der Waals surface area (Å²) in [4.78, 5) is 12.0. The van der Waals surface area contributed by atoms with Gasteiger partial charge in [0.2, 0.25) is 0 Å². The smallest absolute Gasteiger partial charge is 0.323 e. The summed E-state index contributed by atoms with van der Waals surface area (Å²) >= 11 is 0. The summed E-state index contributed by atoms with van der Waals surface area (Å²) in [5.41, 5.74) is 2.55. The number of aryl methyl sites for hydroxylation is 1. The summed E-state index contributed by atoms with van der Waals surface area (Å²) in [7, 11) is 1.54. The van der Waals surface area contributed by atoms with Gasteiger partial charge in [-0.1, -0.05) is 18.2 Å². The zero-order chi connectivity index (χ0) is 15.2. The number of amides is 2. The SMILES string of the molecule is COc1ccccc1NC(=O)Nc1cc(C#N)ccc1C. The molecule has 5 nitrogen and oxygen atoms in total. The third-order valence-corrected chi connectivity index (χ3v) is 2.97. The quantitative estimate of drug-likeness (QED) is 0.904. The Morgan fingerprint density at radius 2 is 1.86 bits per heavy atom. The number of urea groups is 1. The van der Waals surface area contributed by atoms with E-state index in [1.165, 1.54) is 0 Å². The fraction of sp³-hybridized carbons (Fsp3) is 0.125. The van der Waals surface area contributed by atoms with E-state index in [2.05, 4.69) is 10.6 Å². The average Bonchev–Trinajstić information content (AvgIpc) is 2.50. The van der Waals surface area contributed by atoms with Crippen molar-refractivity contribution in [3.05, 3.63) is 53.6 Å². The molecule has 0 aromatic heterocycles. The molecule has 2 aromatic carbocycles. The Morgan fingerprint density at radius 1 is 1.14 bits per heavy atom. The Balaban J connectivity index is 2.14. The Labute approximate surface area is 123 Å². The van der Waals surface area contributed by atoms with Gasteiger partial charge in [0.15, 0.2) is 0 Å². The minimum atomic E-state index is -0.391. The lowest BCUT2D eigenvalue weighted by molar-refractivity contribution is 0.262. The van der Waals surface area contributed by atoms with E-state index in [0.29, 0.717) is 22.7 Å². The maximum Gasteiger partial charge on any atom is 0.323 e. The molecule has 21 heavy (non-hydrogen) atoms. The van der Waals surface area contributed by atoms with E-state index >= 15 is 0 Å². The first kappa shape index (κ1) is 14.4. The number of carbonyl (C=O) groups excluding carboxylic acids is 1. The van der Waals surface area contributed by atoms with Gasteiger partial charge < -0.3 is 15.4 Å². The van der Waals surface area contributed by atoms with Crippen LogP contribution >= 0.6 is 0 Å². The molecule has 0 heterocycles. The molecule has 0 radical (unpaired) electrons. The molecular weight excluding hydrogens is 266 g/mol. The van der Waals surface area contributed by atoms with Crippen LogP contribution in [0.5, 0.6) is 5.75 Å². The molecule has 0 aliphatic rings. The standard InChI is InChI=1S/C16H15N3O2/c1-11-7-8-12(10-17)9-14(11)19-16(20)18-13-5-3-4-6-15(13)21-2/h3-9H,1-2H3,(H2,18,19,20). The van der Waals surface area contributed by atoms with Gasteiger partial charge in [0.25, 0.3) is 0 Å². The summed E-state index contributed by atoms with van der Waals surface area (Å²) < 4.78 is 5.17. The number of nitrogens with one attached hydrogen (secondary N) is 2. The summed E-state index contributed by atoms with van der Waals surface area (Å²) in [6, 6.07) is 13.9. The number of anilines is 2. The maximum absolute atomic E-state index is 12.0. The van der Waals surface area contributed by atoms with E-state index in [9.17, 15) is 4.79 Å². The summed E-state index contributed by atoms with van der Waals surface area (Å²) in [6.07, 6.45) is 0. The summed E-state index contributed by atoms with van der Waals surface area (Å²) in [5, 5.41) is 14.3. The highest BCUT2D eigenvalue weighted by molar-refractivity contribution is 6.01. The van der Waals surface area contributed by atoms with Crippen LogP contribution in [0.4, 0.5) is 16.2 Å². The number of hydrogen-bond donors (Lipinski definition) is 2. The molecule has 2 aromatic rings. The number of rotatable bonds is 3.